The lowest BCUT2D eigenvalue weighted by Crippen LogP contribution is -2.24. The van der Waals surface area contributed by atoms with Crippen molar-refractivity contribution in [2.24, 2.45) is 0 Å². The smallest absolute Gasteiger partial charge is 0.227 e. The number of carbonyl (C=O) groups excluding carboxylic acids is 1. The van der Waals surface area contributed by atoms with Gasteiger partial charge in [0, 0.05) is 19.5 Å². The highest BCUT2D eigenvalue weighted by molar-refractivity contribution is 5.98. The van der Waals surface area contributed by atoms with Gasteiger partial charge in [0.1, 0.15) is 5.82 Å². The van der Waals surface area contributed by atoms with Gasteiger partial charge in [-0.15, -0.1) is 0 Å². The van der Waals surface area contributed by atoms with Gasteiger partial charge in [0.15, 0.2) is 0 Å². The first-order valence-corrected chi connectivity index (χ1v) is 7.12. The average Bonchev–Trinajstić information content (AvgIpc) is 2.91. The first-order valence-electron chi connectivity index (χ1n) is 7.12. The summed E-state index contributed by atoms with van der Waals surface area (Å²) in [5.41, 5.74) is 2.67. The molecular formula is C17H17FN2O. The number of para-hydroxylation sites is 2. The van der Waals surface area contributed by atoms with Crippen LogP contribution >= 0.6 is 0 Å². The third kappa shape index (κ3) is 3.05. The quantitative estimate of drug-likeness (QED) is 0.931. The molecule has 0 bridgehead atoms. The Morgan fingerprint density at radius 1 is 1.14 bits per heavy atom. The predicted octanol–water partition coefficient (Wildman–Crippen LogP) is 3.56. The van der Waals surface area contributed by atoms with Crippen molar-refractivity contribution in [1.29, 1.82) is 0 Å². The summed E-state index contributed by atoms with van der Waals surface area (Å²) in [6.07, 6.45) is 1.51. The van der Waals surface area contributed by atoms with E-state index in [9.17, 15) is 9.18 Å². The van der Waals surface area contributed by atoms with Crippen LogP contribution in [0.4, 0.5) is 15.8 Å². The predicted molar refractivity (Wildman–Crippen MR) is 81.8 cm³/mol. The number of benzene rings is 2. The third-order valence-electron chi connectivity index (χ3n) is 3.64. The van der Waals surface area contributed by atoms with Crippen molar-refractivity contribution in [3.05, 3.63) is 59.9 Å². The Morgan fingerprint density at radius 2 is 2.00 bits per heavy atom. The molecule has 0 aromatic heterocycles. The van der Waals surface area contributed by atoms with E-state index in [1.165, 1.54) is 12.1 Å². The fourth-order valence-electron chi connectivity index (χ4n) is 2.61. The molecule has 1 heterocycles. The molecular weight excluding hydrogens is 267 g/mol. The second-order valence-corrected chi connectivity index (χ2v) is 5.15. The van der Waals surface area contributed by atoms with Crippen molar-refractivity contribution < 1.29 is 9.18 Å². The van der Waals surface area contributed by atoms with Gasteiger partial charge in [-0.05, 0) is 36.2 Å². The van der Waals surface area contributed by atoms with E-state index in [1.807, 2.05) is 35.2 Å². The van der Waals surface area contributed by atoms with E-state index in [4.69, 9.17) is 0 Å². The van der Waals surface area contributed by atoms with Gasteiger partial charge in [-0.25, -0.2) is 4.39 Å². The van der Waals surface area contributed by atoms with Gasteiger partial charge in [-0.3, -0.25) is 4.79 Å². The van der Waals surface area contributed by atoms with Crippen LogP contribution in [0.1, 0.15) is 18.4 Å². The van der Waals surface area contributed by atoms with Gasteiger partial charge in [0.05, 0.1) is 11.4 Å². The number of nitrogens with zero attached hydrogens (tertiary/aromatic N) is 1. The molecule has 0 atom stereocenters. The lowest BCUT2D eigenvalue weighted by atomic mass is 10.2. The summed E-state index contributed by atoms with van der Waals surface area (Å²) in [6, 6.07) is 14.3. The van der Waals surface area contributed by atoms with Gasteiger partial charge < -0.3 is 10.2 Å². The van der Waals surface area contributed by atoms with Crippen LogP contribution in [0.15, 0.2) is 48.5 Å². The summed E-state index contributed by atoms with van der Waals surface area (Å²) in [5.74, 6) is -0.0766. The fraction of sp³-hybridized carbons (Fsp3) is 0.235. The lowest BCUT2D eigenvalue weighted by molar-refractivity contribution is -0.117. The number of amides is 1. The highest BCUT2D eigenvalue weighted by Crippen LogP contribution is 2.29. The van der Waals surface area contributed by atoms with Crippen molar-refractivity contribution in [3.63, 3.8) is 0 Å². The zero-order valence-electron chi connectivity index (χ0n) is 11.7. The first-order chi connectivity index (χ1) is 10.2. The summed E-state index contributed by atoms with van der Waals surface area (Å²) < 4.78 is 13.2. The van der Waals surface area contributed by atoms with Gasteiger partial charge in [-0.1, -0.05) is 24.3 Å². The van der Waals surface area contributed by atoms with E-state index in [0.29, 0.717) is 13.0 Å². The summed E-state index contributed by atoms with van der Waals surface area (Å²) in [7, 11) is 0. The second kappa shape index (κ2) is 5.95. The van der Waals surface area contributed by atoms with Crippen molar-refractivity contribution in [2.45, 2.75) is 19.4 Å². The molecule has 4 heteroatoms. The van der Waals surface area contributed by atoms with Crippen LogP contribution in [0.25, 0.3) is 0 Å². The van der Waals surface area contributed by atoms with E-state index in [-0.39, 0.29) is 11.7 Å². The molecule has 0 saturated carbocycles. The van der Waals surface area contributed by atoms with Gasteiger partial charge in [-0.2, -0.15) is 0 Å². The Kier molecular flexibility index (Phi) is 3.86. The molecule has 1 fully saturated rings. The van der Waals surface area contributed by atoms with Crippen molar-refractivity contribution >= 4 is 17.3 Å². The van der Waals surface area contributed by atoms with Gasteiger partial charge >= 0.3 is 0 Å². The van der Waals surface area contributed by atoms with Crippen molar-refractivity contribution in [2.75, 3.05) is 16.8 Å². The number of anilines is 2. The minimum Gasteiger partial charge on any atom is -0.379 e. The van der Waals surface area contributed by atoms with Crippen LogP contribution in [-0.2, 0) is 11.3 Å². The maximum atomic E-state index is 13.2. The molecule has 0 unspecified atom stereocenters. The van der Waals surface area contributed by atoms with Crippen LogP contribution < -0.4 is 10.2 Å². The highest BCUT2D eigenvalue weighted by atomic mass is 19.1. The first kappa shape index (κ1) is 13.6. The van der Waals surface area contributed by atoms with E-state index < -0.39 is 0 Å². The molecule has 2 aromatic carbocycles. The number of hydrogen-bond donors (Lipinski definition) is 1. The molecule has 3 rings (SSSR count). The minimum absolute atomic E-state index is 0.162. The van der Waals surface area contributed by atoms with Crippen LogP contribution in [0.3, 0.4) is 0 Å². The molecule has 108 valence electrons. The summed E-state index contributed by atoms with van der Waals surface area (Å²) in [5, 5.41) is 3.29. The largest absolute Gasteiger partial charge is 0.379 e. The van der Waals surface area contributed by atoms with Crippen LogP contribution in [0.5, 0.6) is 0 Å². The molecule has 0 aliphatic carbocycles. The molecule has 1 aliphatic rings. The Hall–Kier alpha value is -2.36. The monoisotopic (exact) mass is 284 g/mol. The number of rotatable bonds is 4. The average molecular weight is 284 g/mol. The molecule has 1 amide bonds. The topological polar surface area (TPSA) is 32.3 Å². The Balaban J connectivity index is 1.78. The summed E-state index contributed by atoms with van der Waals surface area (Å²) in [4.78, 5) is 13.7. The maximum Gasteiger partial charge on any atom is 0.227 e. The molecule has 1 N–H and O–H groups in total. The standard InChI is InChI=1S/C17H17FN2O/c18-14-6-3-5-13(11-14)12-19-15-7-1-2-8-16(15)20-10-4-9-17(20)21/h1-3,5-8,11,19H,4,9-10,12H2. The Labute approximate surface area is 123 Å². The number of hydrogen-bond acceptors (Lipinski definition) is 2. The van der Waals surface area contributed by atoms with E-state index in [1.54, 1.807) is 6.07 Å². The fourth-order valence-corrected chi connectivity index (χ4v) is 2.61. The summed E-state index contributed by atoms with van der Waals surface area (Å²) >= 11 is 0. The highest BCUT2D eigenvalue weighted by Gasteiger charge is 2.23. The van der Waals surface area contributed by atoms with E-state index >= 15 is 0 Å². The van der Waals surface area contributed by atoms with Crippen molar-refractivity contribution in [3.8, 4) is 0 Å². The van der Waals surface area contributed by atoms with Crippen LogP contribution in [0.2, 0.25) is 0 Å². The minimum atomic E-state index is -0.239. The molecule has 2 aromatic rings. The third-order valence-corrected chi connectivity index (χ3v) is 3.64. The molecule has 21 heavy (non-hydrogen) atoms. The van der Waals surface area contributed by atoms with E-state index in [2.05, 4.69) is 5.32 Å². The normalized spacial score (nSPS) is 14.5. The SMILES string of the molecule is O=C1CCCN1c1ccccc1NCc1cccc(F)c1. The number of nitrogens with one attached hydrogen (secondary N) is 1. The molecule has 1 saturated heterocycles. The van der Waals surface area contributed by atoms with Gasteiger partial charge in [0.2, 0.25) is 5.91 Å². The van der Waals surface area contributed by atoms with Crippen molar-refractivity contribution in [1.82, 2.24) is 0 Å². The molecule has 0 radical (unpaired) electrons. The van der Waals surface area contributed by atoms with E-state index in [0.717, 1.165) is 29.9 Å². The van der Waals surface area contributed by atoms with Gasteiger partial charge in [0.25, 0.3) is 0 Å². The van der Waals surface area contributed by atoms with Crippen LogP contribution in [-0.4, -0.2) is 12.5 Å². The Morgan fingerprint density at radius 3 is 2.76 bits per heavy atom. The number of carbonyl (C=O) groups is 1. The van der Waals surface area contributed by atoms with Crippen LogP contribution in [0, 0.1) is 5.82 Å². The summed E-state index contributed by atoms with van der Waals surface area (Å²) in [6.45, 7) is 1.29. The second-order valence-electron chi connectivity index (χ2n) is 5.15. The molecule has 1 aliphatic heterocycles. The Bertz CT molecular complexity index is 657. The zero-order valence-corrected chi connectivity index (χ0v) is 11.7. The zero-order chi connectivity index (χ0) is 14.7. The molecule has 0 spiro atoms. The molecule has 3 nitrogen and oxygen atoms in total. The lowest BCUT2D eigenvalue weighted by Gasteiger charge is -2.20. The number of halogens is 1. The maximum absolute atomic E-state index is 13.2.